The highest BCUT2D eigenvalue weighted by molar-refractivity contribution is 6.36. The first kappa shape index (κ1) is 27.9. The summed E-state index contributed by atoms with van der Waals surface area (Å²) in [4.78, 5) is 32.0. The number of rotatable bonds is 7. The minimum atomic E-state index is -0.413. The first-order valence-electron chi connectivity index (χ1n) is 13.9. The molecule has 1 fully saturated rings. The average molecular weight is 600 g/mol. The van der Waals surface area contributed by atoms with Gasteiger partial charge in [0.05, 0.1) is 21.6 Å². The monoisotopic (exact) mass is 598 g/mol. The van der Waals surface area contributed by atoms with Crippen LogP contribution in [0.25, 0.3) is 22.4 Å². The molecular weight excluding hydrogens is 571 g/mol. The maximum Gasteiger partial charge on any atom is 0.269 e. The number of pyridine rings is 1. The van der Waals surface area contributed by atoms with Crippen LogP contribution in [0.5, 0.6) is 0 Å². The molecule has 42 heavy (non-hydrogen) atoms. The number of aromatic amines is 1. The van der Waals surface area contributed by atoms with Gasteiger partial charge >= 0.3 is 0 Å². The molecule has 6 rings (SSSR count). The van der Waals surface area contributed by atoms with Crippen molar-refractivity contribution in [3.8, 4) is 22.4 Å². The van der Waals surface area contributed by atoms with Gasteiger partial charge in [0, 0.05) is 47.2 Å². The number of halogens is 2. The molecule has 212 valence electrons. The summed E-state index contributed by atoms with van der Waals surface area (Å²) < 4.78 is 1.88. The fourth-order valence-electron chi connectivity index (χ4n) is 5.81. The summed E-state index contributed by atoms with van der Waals surface area (Å²) in [5, 5.41) is 12.3. The second-order valence-corrected chi connectivity index (χ2v) is 11.5. The zero-order valence-electron chi connectivity index (χ0n) is 22.7. The van der Waals surface area contributed by atoms with E-state index in [1.807, 2.05) is 47.2 Å². The largest absolute Gasteiger partial charge is 0.347 e. The molecule has 0 bridgehead atoms. The van der Waals surface area contributed by atoms with Crippen LogP contribution in [-0.2, 0) is 0 Å². The Labute approximate surface area is 252 Å². The molecule has 1 atom stereocenters. The Bertz CT molecular complexity index is 1790. The molecule has 1 unspecified atom stereocenters. The lowest BCUT2D eigenvalue weighted by Crippen LogP contribution is -2.25. The topological polar surface area (TPSA) is 93.8 Å². The summed E-state index contributed by atoms with van der Waals surface area (Å²) in [5.74, 6) is 0.326. The average Bonchev–Trinajstić information content (AvgIpc) is 3.47. The van der Waals surface area contributed by atoms with Crippen molar-refractivity contribution in [3.05, 3.63) is 139 Å². The molecule has 0 spiro atoms. The minimum Gasteiger partial charge on any atom is -0.347 e. The van der Waals surface area contributed by atoms with E-state index in [0.29, 0.717) is 21.6 Å². The van der Waals surface area contributed by atoms with E-state index in [2.05, 4.69) is 4.98 Å². The van der Waals surface area contributed by atoms with Crippen molar-refractivity contribution in [2.45, 2.75) is 44.1 Å². The normalized spacial score (nSPS) is 14.5. The molecule has 2 aromatic heterocycles. The van der Waals surface area contributed by atoms with Crippen LogP contribution in [0.1, 0.15) is 61.0 Å². The summed E-state index contributed by atoms with van der Waals surface area (Å²) in [6.45, 7) is 0. The van der Waals surface area contributed by atoms with Gasteiger partial charge < -0.3 is 9.55 Å². The Morgan fingerprint density at radius 1 is 0.881 bits per heavy atom. The third kappa shape index (κ3) is 5.75. The molecule has 1 N–H and O–H groups in total. The smallest absolute Gasteiger partial charge is 0.269 e. The molecule has 0 radical (unpaired) electrons. The van der Waals surface area contributed by atoms with Crippen LogP contribution < -0.4 is 5.56 Å². The fraction of sp³-hybridized carbons (Fsp3) is 0.212. The molecule has 5 aromatic rings. The highest BCUT2D eigenvalue weighted by Gasteiger charge is 2.23. The predicted octanol–water partition coefficient (Wildman–Crippen LogP) is 8.81. The van der Waals surface area contributed by atoms with Gasteiger partial charge in [0.2, 0.25) is 0 Å². The molecule has 1 aliphatic rings. The molecule has 0 saturated heterocycles. The Morgan fingerprint density at radius 3 is 2.21 bits per heavy atom. The SMILES string of the molecule is O=c1cc(-c2ccc(C(c3ccc([N+](=O)[O-])cc3)c3nc(-c4ccc(Cl)cc4Cl)c[nH]3)cc2)ccn1C1CCCCC1. The number of benzene rings is 3. The molecule has 7 nitrogen and oxygen atoms in total. The Morgan fingerprint density at radius 2 is 1.57 bits per heavy atom. The van der Waals surface area contributed by atoms with Gasteiger partial charge in [-0.2, -0.15) is 0 Å². The van der Waals surface area contributed by atoms with Crippen LogP contribution in [0.3, 0.4) is 0 Å². The summed E-state index contributed by atoms with van der Waals surface area (Å²) in [6.07, 6.45) is 9.39. The highest BCUT2D eigenvalue weighted by atomic mass is 35.5. The molecule has 2 heterocycles. The number of aromatic nitrogens is 3. The van der Waals surface area contributed by atoms with Crippen LogP contribution in [0.2, 0.25) is 10.0 Å². The number of nitrogens with zero attached hydrogens (tertiary/aromatic N) is 3. The zero-order valence-corrected chi connectivity index (χ0v) is 24.2. The summed E-state index contributed by atoms with van der Waals surface area (Å²) >= 11 is 12.5. The number of non-ortho nitro benzene ring substituents is 1. The number of nitro benzene ring substituents is 1. The number of H-pyrrole nitrogens is 1. The predicted molar refractivity (Wildman–Crippen MR) is 166 cm³/mol. The van der Waals surface area contributed by atoms with Gasteiger partial charge in [-0.25, -0.2) is 4.98 Å². The van der Waals surface area contributed by atoms with E-state index in [1.165, 1.54) is 31.4 Å². The summed E-state index contributed by atoms with van der Waals surface area (Å²) in [7, 11) is 0. The summed E-state index contributed by atoms with van der Waals surface area (Å²) in [5.41, 5.74) is 5.02. The quantitative estimate of drug-likeness (QED) is 0.149. The van der Waals surface area contributed by atoms with Crippen molar-refractivity contribution in [3.63, 3.8) is 0 Å². The molecule has 0 amide bonds. The van der Waals surface area contributed by atoms with E-state index in [4.69, 9.17) is 28.2 Å². The van der Waals surface area contributed by atoms with Gasteiger partial charge in [-0.05, 0) is 59.4 Å². The minimum absolute atomic E-state index is 0.0175. The first-order valence-corrected chi connectivity index (χ1v) is 14.7. The fourth-order valence-corrected chi connectivity index (χ4v) is 6.32. The van der Waals surface area contributed by atoms with E-state index in [1.54, 1.807) is 36.5 Å². The maximum atomic E-state index is 13.0. The van der Waals surface area contributed by atoms with Crippen LogP contribution in [-0.4, -0.2) is 19.5 Å². The van der Waals surface area contributed by atoms with Crippen LogP contribution in [0.4, 0.5) is 5.69 Å². The molecular formula is C33H28Cl2N4O3. The van der Waals surface area contributed by atoms with E-state index in [9.17, 15) is 14.9 Å². The zero-order chi connectivity index (χ0) is 29.2. The second-order valence-electron chi connectivity index (χ2n) is 10.7. The van der Waals surface area contributed by atoms with Crippen molar-refractivity contribution >= 4 is 28.9 Å². The number of hydrogen-bond acceptors (Lipinski definition) is 4. The third-order valence-electron chi connectivity index (χ3n) is 8.01. The van der Waals surface area contributed by atoms with Gasteiger partial charge in [-0.1, -0.05) is 78.9 Å². The van der Waals surface area contributed by atoms with Crippen molar-refractivity contribution in [1.82, 2.24) is 14.5 Å². The number of imidazole rings is 1. The van der Waals surface area contributed by atoms with Crippen LogP contribution in [0.15, 0.2) is 96.1 Å². The number of nitro groups is 1. The van der Waals surface area contributed by atoms with Crippen molar-refractivity contribution in [2.75, 3.05) is 0 Å². The lowest BCUT2D eigenvalue weighted by atomic mass is 9.89. The Balaban J connectivity index is 1.34. The van der Waals surface area contributed by atoms with E-state index in [-0.39, 0.29) is 23.2 Å². The molecule has 1 saturated carbocycles. The van der Waals surface area contributed by atoms with Crippen LogP contribution >= 0.6 is 23.2 Å². The highest BCUT2D eigenvalue weighted by Crippen LogP contribution is 2.36. The Kier molecular flexibility index (Phi) is 7.96. The molecule has 1 aliphatic carbocycles. The Hall–Kier alpha value is -4.20. The molecule has 0 aliphatic heterocycles. The van der Waals surface area contributed by atoms with E-state index in [0.717, 1.165) is 40.7 Å². The third-order valence-corrected chi connectivity index (χ3v) is 8.56. The van der Waals surface area contributed by atoms with Crippen molar-refractivity contribution < 1.29 is 4.92 Å². The van der Waals surface area contributed by atoms with Crippen molar-refractivity contribution in [2.24, 2.45) is 0 Å². The van der Waals surface area contributed by atoms with Gasteiger partial charge in [-0.15, -0.1) is 0 Å². The maximum absolute atomic E-state index is 13.0. The van der Waals surface area contributed by atoms with Crippen LogP contribution in [0, 0.1) is 10.1 Å². The van der Waals surface area contributed by atoms with Gasteiger partial charge in [0.15, 0.2) is 0 Å². The first-order chi connectivity index (χ1) is 20.4. The van der Waals surface area contributed by atoms with E-state index >= 15 is 0 Å². The van der Waals surface area contributed by atoms with E-state index < -0.39 is 4.92 Å². The standard InChI is InChI=1S/C33H28Cl2N4O3/c34-25-12-15-28(29(35)19-25)30-20-36-33(37-30)32(23-10-13-27(14-11-23)39(41)42)22-8-6-21(7-9-22)24-16-17-38(31(40)18-24)26-4-2-1-3-5-26/h6-20,26,32H,1-5H2,(H,36,37). The molecule has 9 heteroatoms. The van der Waals surface area contributed by atoms with Gasteiger partial charge in [0.1, 0.15) is 5.82 Å². The second kappa shape index (κ2) is 12.0. The number of nitrogens with one attached hydrogen (secondary N) is 1. The summed E-state index contributed by atoms with van der Waals surface area (Å²) in [6, 6.07) is 23.8. The lowest BCUT2D eigenvalue weighted by Gasteiger charge is -2.24. The number of hydrogen-bond donors (Lipinski definition) is 1. The lowest BCUT2D eigenvalue weighted by molar-refractivity contribution is -0.384. The van der Waals surface area contributed by atoms with Gasteiger partial charge in [-0.3, -0.25) is 14.9 Å². The molecule has 3 aromatic carbocycles. The van der Waals surface area contributed by atoms with Gasteiger partial charge in [0.25, 0.3) is 11.2 Å². The van der Waals surface area contributed by atoms with Crippen molar-refractivity contribution in [1.29, 1.82) is 0 Å².